The van der Waals surface area contributed by atoms with Crippen LogP contribution in [0.2, 0.25) is 0 Å². The molecule has 0 saturated heterocycles. The van der Waals surface area contributed by atoms with E-state index in [1.165, 1.54) is 111 Å². The second-order valence-electron chi connectivity index (χ2n) is 16.8. The number of fused-ring (bicyclic) bond motifs is 2. The van der Waals surface area contributed by atoms with Crippen LogP contribution in [-0.4, -0.2) is 0 Å². The molecule has 0 spiro atoms. The van der Waals surface area contributed by atoms with Crippen molar-refractivity contribution in [3.05, 3.63) is 225 Å². The Morgan fingerprint density at radius 1 is 0.317 bits per heavy atom. The molecule has 0 nitrogen and oxygen atoms in total. The Labute approximate surface area is 359 Å². The van der Waals surface area contributed by atoms with Crippen LogP contribution >= 0.6 is 0 Å². The van der Waals surface area contributed by atoms with E-state index in [0.717, 1.165) is 38.5 Å². The van der Waals surface area contributed by atoms with Gasteiger partial charge < -0.3 is 0 Å². The summed E-state index contributed by atoms with van der Waals surface area (Å²) < 4.78 is 0. The first kappa shape index (κ1) is 40.5. The molecule has 298 valence electrons. The third-order valence-electron chi connectivity index (χ3n) is 12.3. The third-order valence-corrected chi connectivity index (χ3v) is 12.3. The first-order valence-corrected chi connectivity index (χ1v) is 22.1. The van der Waals surface area contributed by atoms with E-state index >= 15 is 0 Å². The molecule has 0 fully saturated rings. The van der Waals surface area contributed by atoms with Crippen molar-refractivity contribution in [2.45, 2.75) is 80.1 Å². The monoisotopic (exact) mass is 778 g/mol. The van der Waals surface area contributed by atoms with Crippen molar-refractivity contribution in [1.82, 2.24) is 0 Å². The van der Waals surface area contributed by atoms with Crippen molar-refractivity contribution in [2.24, 2.45) is 0 Å². The van der Waals surface area contributed by atoms with E-state index in [0.29, 0.717) is 0 Å². The molecular weight excluding hydrogens is 721 g/mol. The lowest BCUT2D eigenvalue weighted by molar-refractivity contribution is 0.825. The quantitative estimate of drug-likeness (QED) is 0.102. The van der Waals surface area contributed by atoms with Crippen LogP contribution in [-0.2, 0) is 0 Å². The van der Waals surface area contributed by atoms with Gasteiger partial charge in [0.25, 0.3) is 0 Å². The lowest BCUT2D eigenvalue weighted by Crippen LogP contribution is -1.99. The Balaban J connectivity index is 1.37. The Morgan fingerprint density at radius 3 is 0.883 bits per heavy atom. The molecule has 0 aliphatic rings. The molecule has 0 aromatic heterocycles. The molecule has 0 heteroatoms. The minimum atomic E-state index is 1.01. The summed E-state index contributed by atoms with van der Waals surface area (Å²) in [7, 11) is 0. The van der Waals surface area contributed by atoms with Gasteiger partial charge >= 0.3 is 0 Å². The molecule has 0 bridgehead atoms. The van der Waals surface area contributed by atoms with Gasteiger partial charge in [-0.3, -0.25) is 0 Å². The summed E-state index contributed by atoms with van der Waals surface area (Å²) >= 11 is 0. The zero-order valence-electron chi connectivity index (χ0n) is 36.4. The van der Waals surface area contributed by atoms with Crippen LogP contribution in [0.1, 0.15) is 108 Å². The number of hydrogen-bond donors (Lipinski definition) is 0. The lowest BCUT2D eigenvalue weighted by Gasteiger charge is -2.22. The van der Waals surface area contributed by atoms with Gasteiger partial charge in [0.2, 0.25) is 0 Å². The van der Waals surface area contributed by atoms with Gasteiger partial charge in [-0.25, -0.2) is 0 Å². The third kappa shape index (κ3) is 8.43. The zero-order valence-corrected chi connectivity index (χ0v) is 36.4. The van der Waals surface area contributed by atoms with Crippen LogP contribution in [0, 0.1) is 27.7 Å². The van der Waals surface area contributed by atoms with Gasteiger partial charge in [0.15, 0.2) is 0 Å². The van der Waals surface area contributed by atoms with Gasteiger partial charge in [0.1, 0.15) is 0 Å². The number of allylic oxidation sites excluding steroid dienone is 2. The second kappa shape index (κ2) is 18.4. The summed E-state index contributed by atoms with van der Waals surface area (Å²) in [6.07, 6.45) is 6.53. The van der Waals surface area contributed by atoms with Crippen molar-refractivity contribution >= 4 is 43.8 Å². The first-order chi connectivity index (χ1) is 29.3. The molecule has 0 aliphatic heterocycles. The summed E-state index contributed by atoms with van der Waals surface area (Å²) in [5.74, 6) is 0. The van der Waals surface area contributed by atoms with Gasteiger partial charge in [-0.2, -0.15) is 0 Å². The fourth-order valence-electron chi connectivity index (χ4n) is 9.00. The highest BCUT2D eigenvalue weighted by Crippen LogP contribution is 2.45. The fraction of sp³-hybridized carbons (Fsp3) is 0.200. The summed E-state index contributed by atoms with van der Waals surface area (Å²) in [5.41, 5.74) is 20.9. The van der Waals surface area contributed by atoms with E-state index in [2.05, 4.69) is 211 Å². The second-order valence-corrected chi connectivity index (χ2v) is 16.8. The minimum absolute atomic E-state index is 1.01. The summed E-state index contributed by atoms with van der Waals surface area (Å²) in [4.78, 5) is 0. The standard InChI is InChI=1S/C60H58/c1-7-9-15-57(59(45-29-21-41(3)22-30-45)46-31-23-42(4)24-32-46)55-39-37-53(49-17-11-13-19-51(49)55)54-38-40-56(52-20-14-12-18-50(52)54)58(16-10-8-2)60(47-33-25-43(5)26-34-47)48-35-27-44(6)28-36-48/h11-14,17-40H,7-10,15-16H2,1-6H3. The molecule has 8 rings (SSSR count). The van der Waals surface area contributed by atoms with Gasteiger partial charge in [-0.1, -0.05) is 219 Å². The van der Waals surface area contributed by atoms with Crippen LogP contribution in [0.4, 0.5) is 0 Å². The topological polar surface area (TPSA) is 0 Å². The number of aryl methyl sites for hydroxylation is 4. The molecule has 0 saturated carbocycles. The number of rotatable bonds is 13. The Morgan fingerprint density at radius 2 is 0.600 bits per heavy atom. The van der Waals surface area contributed by atoms with E-state index in [1.807, 2.05) is 0 Å². The van der Waals surface area contributed by atoms with Crippen LogP contribution in [0.3, 0.4) is 0 Å². The molecule has 0 N–H and O–H groups in total. The Kier molecular flexibility index (Phi) is 12.4. The van der Waals surface area contributed by atoms with E-state index in [1.54, 1.807) is 0 Å². The molecule has 8 aromatic carbocycles. The Bertz CT molecular complexity index is 2510. The van der Waals surface area contributed by atoms with Gasteiger partial charge in [-0.05, 0) is 142 Å². The molecule has 0 radical (unpaired) electrons. The largest absolute Gasteiger partial charge is 0.0654 e. The molecule has 0 aliphatic carbocycles. The van der Waals surface area contributed by atoms with Gasteiger partial charge in [0, 0.05) is 0 Å². The zero-order chi connectivity index (χ0) is 41.6. The van der Waals surface area contributed by atoms with E-state index in [9.17, 15) is 0 Å². The normalized spacial score (nSPS) is 11.2. The molecule has 0 unspecified atom stereocenters. The van der Waals surface area contributed by atoms with Gasteiger partial charge in [0.05, 0.1) is 0 Å². The average Bonchev–Trinajstić information content (AvgIpc) is 3.28. The highest BCUT2D eigenvalue weighted by Gasteiger charge is 2.21. The smallest absolute Gasteiger partial charge is 0.00731 e. The Hall–Kier alpha value is -6.24. The maximum Gasteiger partial charge on any atom is -0.00731 e. The predicted molar refractivity (Wildman–Crippen MR) is 262 cm³/mol. The predicted octanol–water partition coefficient (Wildman–Crippen LogP) is 17.2. The molecular formula is C60H58. The van der Waals surface area contributed by atoms with Crippen LogP contribution < -0.4 is 0 Å². The van der Waals surface area contributed by atoms with Crippen molar-refractivity contribution < 1.29 is 0 Å². The molecule has 60 heavy (non-hydrogen) atoms. The first-order valence-electron chi connectivity index (χ1n) is 22.1. The van der Waals surface area contributed by atoms with E-state index in [4.69, 9.17) is 0 Å². The van der Waals surface area contributed by atoms with Crippen LogP contribution in [0.25, 0.3) is 55.0 Å². The van der Waals surface area contributed by atoms with Crippen molar-refractivity contribution in [2.75, 3.05) is 0 Å². The molecule has 0 atom stereocenters. The summed E-state index contributed by atoms with van der Waals surface area (Å²) in [6.45, 7) is 13.3. The van der Waals surface area contributed by atoms with Crippen molar-refractivity contribution in [1.29, 1.82) is 0 Å². The number of unbranched alkanes of at least 4 members (excludes halogenated alkanes) is 2. The highest BCUT2D eigenvalue weighted by atomic mass is 14.2. The molecule has 0 heterocycles. The van der Waals surface area contributed by atoms with Crippen molar-refractivity contribution in [3.63, 3.8) is 0 Å². The molecule has 8 aromatic rings. The number of hydrogen-bond acceptors (Lipinski definition) is 0. The van der Waals surface area contributed by atoms with E-state index < -0.39 is 0 Å². The maximum absolute atomic E-state index is 2.42. The SMILES string of the molecule is CCCCC(=C(c1ccc(C)cc1)c1ccc(C)cc1)c1ccc(-c2ccc(C(CCCC)=C(c3ccc(C)cc3)c3ccc(C)cc3)c3ccccc23)c2ccccc12. The van der Waals surface area contributed by atoms with Crippen molar-refractivity contribution in [3.8, 4) is 11.1 Å². The van der Waals surface area contributed by atoms with E-state index in [-0.39, 0.29) is 0 Å². The maximum atomic E-state index is 2.42. The van der Waals surface area contributed by atoms with Crippen LogP contribution in [0.5, 0.6) is 0 Å². The summed E-state index contributed by atoms with van der Waals surface area (Å²) in [6, 6.07) is 64.4. The number of benzene rings is 8. The van der Waals surface area contributed by atoms with Gasteiger partial charge in [-0.15, -0.1) is 0 Å². The summed E-state index contributed by atoms with van der Waals surface area (Å²) in [5, 5.41) is 5.18. The minimum Gasteiger partial charge on any atom is -0.0654 e. The molecule has 0 amide bonds. The average molecular weight is 779 g/mol. The highest BCUT2D eigenvalue weighted by molar-refractivity contribution is 6.14. The fourth-order valence-corrected chi connectivity index (χ4v) is 9.00. The lowest BCUT2D eigenvalue weighted by atomic mass is 9.82. The van der Waals surface area contributed by atoms with Crippen LogP contribution in [0.15, 0.2) is 170 Å².